The van der Waals surface area contributed by atoms with Crippen molar-refractivity contribution in [3.63, 3.8) is 0 Å². The molecule has 164 valence electrons. The lowest BCUT2D eigenvalue weighted by molar-refractivity contribution is 0.0947. The van der Waals surface area contributed by atoms with Gasteiger partial charge in [-0.1, -0.05) is 11.6 Å². The summed E-state index contributed by atoms with van der Waals surface area (Å²) in [5.41, 5.74) is 0.159. The molecule has 0 radical (unpaired) electrons. The predicted octanol–water partition coefficient (Wildman–Crippen LogP) is 3.23. The predicted molar refractivity (Wildman–Crippen MR) is 115 cm³/mol. The minimum Gasteiger partial charge on any atom is -0.497 e. The van der Waals surface area contributed by atoms with Gasteiger partial charge in [0.1, 0.15) is 28.8 Å². The smallest absolute Gasteiger partial charge is 0.251 e. The van der Waals surface area contributed by atoms with E-state index in [-0.39, 0.29) is 35.2 Å². The highest BCUT2D eigenvalue weighted by Crippen LogP contribution is 2.23. The number of nitrogens with one attached hydrogen (secondary N) is 2. The number of rotatable bonds is 10. The summed E-state index contributed by atoms with van der Waals surface area (Å²) in [5, 5.41) is 2.69. The van der Waals surface area contributed by atoms with Crippen LogP contribution in [0, 0.1) is 0 Å². The van der Waals surface area contributed by atoms with Gasteiger partial charge in [0.15, 0.2) is 0 Å². The summed E-state index contributed by atoms with van der Waals surface area (Å²) in [6.07, 6.45) is 1.44. The van der Waals surface area contributed by atoms with Gasteiger partial charge in [-0.2, -0.15) is 0 Å². The first-order chi connectivity index (χ1) is 14.9. The second-order valence-corrected chi connectivity index (χ2v) is 8.47. The van der Waals surface area contributed by atoms with E-state index in [9.17, 15) is 13.2 Å². The summed E-state index contributed by atoms with van der Waals surface area (Å²) in [6, 6.07) is 14.4. The van der Waals surface area contributed by atoms with Gasteiger partial charge in [0.2, 0.25) is 10.0 Å². The van der Waals surface area contributed by atoms with E-state index in [1.54, 1.807) is 43.5 Å². The fourth-order valence-corrected chi connectivity index (χ4v) is 4.13. The summed E-state index contributed by atoms with van der Waals surface area (Å²) in [4.78, 5) is 12.2. The van der Waals surface area contributed by atoms with E-state index in [1.807, 2.05) is 0 Å². The quantitative estimate of drug-likeness (QED) is 0.446. The van der Waals surface area contributed by atoms with Crippen LogP contribution in [0.5, 0.6) is 11.5 Å². The molecular weight excluding hydrogens is 444 g/mol. The van der Waals surface area contributed by atoms with Crippen LogP contribution in [0.3, 0.4) is 0 Å². The topological polar surface area (TPSA) is 107 Å². The van der Waals surface area contributed by atoms with Crippen LogP contribution >= 0.6 is 11.6 Å². The van der Waals surface area contributed by atoms with E-state index >= 15 is 0 Å². The fraction of sp³-hybridized carbons (Fsp3) is 0.190. The number of hydrogen-bond donors (Lipinski definition) is 2. The van der Waals surface area contributed by atoms with Crippen LogP contribution in [-0.4, -0.2) is 34.6 Å². The van der Waals surface area contributed by atoms with Crippen LogP contribution in [-0.2, 0) is 16.6 Å². The van der Waals surface area contributed by atoms with Crippen LogP contribution in [0.15, 0.2) is 70.2 Å². The standard InChI is InChI=1S/C21H21ClN2O6S/c1-28-16-5-7-17(8-6-16)30-12-10-23-21(25)15-4-9-19(22)20(13-15)31(26,27)24-14-18-3-2-11-29-18/h2-9,11,13,24H,10,12,14H2,1H3,(H,23,25). The molecule has 0 bridgehead atoms. The SMILES string of the molecule is COc1ccc(OCCNC(=O)c2ccc(Cl)c(S(=O)(=O)NCc3ccco3)c2)cc1. The molecule has 1 aromatic heterocycles. The van der Waals surface area contributed by atoms with Gasteiger partial charge in [0, 0.05) is 5.56 Å². The Morgan fingerprint density at radius 2 is 1.84 bits per heavy atom. The molecule has 2 aromatic carbocycles. The van der Waals surface area contributed by atoms with Gasteiger partial charge in [0.05, 0.1) is 31.5 Å². The Labute approximate surface area is 185 Å². The second kappa shape index (κ2) is 10.3. The van der Waals surface area contributed by atoms with Crippen LogP contribution in [0.4, 0.5) is 0 Å². The van der Waals surface area contributed by atoms with Gasteiger partial charge in [-0.25, -0.2) is 13.1 Å². The summed E-state index contributed by atoms with van der Waals surface area (Å²) in [7, 11) is -2.37. The van der Waals surface area contributed by atoms with E-state index < -0.39 is 15.9 Å². The maximum atomic E-state index is 12.6. The van der Waals surface area contributed by atoms with Crippen molar-refractivity contribution < 1.29 is 27.1 Å². The lowest BCUT2D eigenvalue weighted by atomic mass is 10.2. The van der Waals surface area contributed by atoms with E-state index in [4.69, 9.17) is 25.5 Å². The zero-order valence-corrected chi connectivity index (χ0v) is 18.2. The largest absolute Gasteiger partial charge is 0.497 e. The van der Waals surface area contributed by atoms with Crippen molar-refractivity contribution in [1.82, 2.24) is 10.0 Å². The fourth-order valence-electron chi connectivity index (χ4n) is 2.62. The van der Waals surface area contributed by atoms with Gasteiger partial charge in [-0.05, 0) is 54.6 Å². The van der Waals surface area contributed by atoms with Crippen molar-refractivity contribution in [3.8, 4) is 11.5 Å². The Balaban J connectivity index is 1.57. The maximum absolute atomic E-state index is 12.6. The highest BCUT2D eigenvalue weighted by Gasteiger charge is 2.20. The molecule has 0 saturated carbocycles. The first kappa shape index (κ1) is 22.7. The van der Waals surface area contributed by atoms with Crippen LogP contribution in [0.25, 0.3) is 0 Å². The molecule has 3 rings (SSSR count). The van der Waals surface area contributed by atoms with Crippen molar-refractivity contribution in [1.29, 1.82) is 0 Å². The molecule has 8 nitrogen and oxygen atoms in total. The highest BCUT2D eigenvalue weighted by atomic mass is 35.5. The average Bonchev–Trinajstić information content (AvgIpc) is 3.29. The molecule has 0 fully saturated rings. The highest BCUT2D eigenvalue weighted by molar-refractivity contribution is 7.89. The van der Waals surface area contributed by atoms with E-state index in [0.717, 1.165) is 0 Å². The normalized spacial score (nSPS) is 11.2. The average molecular weight is 465 g/mol. The number of amides is 1. The number of hydrogen-bond acceptors (Lipinski definition) is 6. The van der Waals surface area contributed by atoms with Gasteiger partial charge in [-0.3, -0.25) is 4.79 Å². The Bertz CT molecular complexity index is 1120. The molecule has 0 saturated heterocycles. The van der Waals surface area contributed by atoms with Crippen molar-refractivity contribution in [2.75, 3.05) is 20.3 Å². The Morgan fingerprint density at radius 3 is 2.52 bits per heavy atom. The van der Waals surface area contributed by atoms with Crippen LogP contribution in [0.2, 0.25) is 5.02 Å². The number of halogens is 1. The lowest BCUT2D eigenvalue weighted by Crippen LogP contribution is -2.29. The molecule has 0 aliphatic rings. The van der Waals surface area contributed by atoms with Crippen molar-refractivity contribution in [2.45, 2.75) is 11.4 Å². The monoisotopic (exact) mass is 464 g/mol. The first-order valence-corrected chi connectivity index (χ1v) is 11.1. The van der Waals surface area contributed by atoms with Crippen LogP contribution < -0.4 is 19.5 Å². The molecule has 3 aromatic rings. The minimum absolute atomic E-state index is 0.00586. The third-order valence-electron chi connectivity index (χ3n) is 4.22. The second-order valence-electron chi connectivity index (χ2n) is 6.33. The van der Waals surface area contributed by atoms with Gasteiger partial charge in [0.25, 0.3) is 5.91 Å². The molecule has 0 atom stereocenters. The van der Waals surface area contributed by atoms with Crippen molar-refractivity contribution >= 4 is 27.5 Å². The number of sulfonamides is 1. The maximum Gasteiger partial charge on any atom is 0.251 e. The molecule has 0 unspecified atom stereocenters. The van der Waals surface area contributed by atoms with E-state index in [0.29, 0.717) is 17.3 Å². The number of furan rings is 1. The molecule has 1 heterocycles. The molecular formula is C21H21ClN2O6S. The Hall–Kier alpha value is -3.01. The van der Waals surface area contributed by atoms with Crippen molar-refractivity contribution in [3.05, 3.63) is 77.2 Å². The number of benzene rings is 2. The van der Waals surface area contributed by atoms with Gasteiger partial charge >= 0.3 is 0 Å². The zero-order valence-electron chi connectivity index (χ0n) is 16.6. The third kappa shape index (κ3) is 6.24. The number of carbonyl (C=O) groups excluding carboxylic acids is 1. The molecule has 0 aliphatic heterocycles. The molecule has 1 amide bonds. The Morgan fingerprint density at radius 1 is 1.10 bits per heavy atom. The van der Waals surface area contributed by atoms with Crippen molar-refractivity contribution in [2.24, 2.45) is 0 Å². The summed E-state index contributed by atoms with van der Waals surface area (Å²) < 4.78 is 43.3. The number of ether oxygens (including phenoxy) is 2. The summed E-state index contributed by atoms with van der Waals surface area (Å²) >= 11 is 6.06. The summed E-state index contributed by atoms with van der Waals surface area (Å²) in [5.74, 6) is 1.35. The summed E-state index contributed by atoms with van der Waals surface area (Å²) in [6.45, 7) is 0.429. The molecule has 0 spiro atoms. The van der Waals surface area contributed by atoms with Crippen LogP contribution in [0.1, 0.15) is 16.1 Å². The number of carbonyl (C=O) groups is 1. The van der Waals surface area contributed by atoms with E-state index in [1.165, 1.54) is 24.5 Å². The van der Waals surface area contributed by atoms with Gasteiger partial charge < -0.3 is 19.2 Å². The molecule has 0 aliphatic carbocycles. The molecule has 10 heteroatoms. The zero-order chi connectivity index (χ0) is 22.3. The van der Waals surface area contributed by atoms with E-state index in [2.05, 4.69) is 10.0 Å². The third-order valence-corrected chi connectivity index (χ3v) is 6.10. The number of methoxy groups -OCH3 is 1. The Kier molecular flexibility index (Phi) is 7.56. The minimum atomic E-state index is -3.95. The molecule has 31 heavy (non-hydrogen) atoms. The lowest BCUT2D eigenvalue weighted by Gasteiger charge is -2.11. The van der Waals surface area contributed by atoms with Gasteiger partial charge in [-0.15, -0.1) is 0 Å². The molecule has 2 N–H and O–H groups in total. The first-order valence-electron chi connectivity index (χ1n) is 9.26.